The Kier molecular flexibility index (Phi) is 13.2. The van der Waals surface area contributed by atoms with Crippen LogP contribution in [0.3, 0.4) is 0 Å². The Bertz CT molecular complexity index is 1180. The van der Waals surface area contributed by atoms with Gasteiger partial charge in [0.1, 0.15) is 11.6 Å². The lowest BCUT2D eigenvalue weighted by Gasteiger charge is -2.33. The number of Topliss-reactive ketones (excluding diaryl/α,β-unsaturated/α-hetero) is 3. The summed E-state index contributed by atoms with van der Waals surface area (Å²) in [5.41, 5.74) is 8.24. The summed E-state index contributed by atoms with van der Waals surface area (Å²) in [6, 6.07) is 11.2. The third kappa shape index (κ3) is 8.97. The molecule has 0 amide bonds. The smallest absolute Gasteiger partial charge is 0.163 e. The zero-order valence-corrected chi connectivity index (χ0v) is 27.7. The Balaban J connectivity index is 0.00000187. The van der Waals surface area contributed by atoms with Crippen molar-refractivity contribution >= 4 is 17.3 Å². The van der Waals surface area contributed by atoms with Crippen LogP contribution in [0, 0.1) is 24.7 Å². The molecule has 0 heterocycles. The fraction of sp³-hybridized carbons (Fsp3) is 0.605. The van der Waals surface area contributed by atoms with E-state index in [0.29, 0.717) is 6.42 Å². The van der Waals surface area contributed by atoms with Crippen LogP contribution in [-0.4, -0.2) is 17.3 Å². The van der Waals surface area contributed by atoms with Crippen LogP contribution in [0.25, 0.3) is 11.1 Å². The number of hydrogen-bond donors (Lipinski definition) is 0. The molecule has 0 aromatic heterocycles. The Labute approximate surface area is 250 Å². The van der Waals surface area contributed by atoms with E-state index in [-0.39, 0.29) is 46.9 Å². The van der Waals surface area contributed by atoms with Crippen LogP contribution < -0.4 is 0 Å². The zero-order valence-electron chi connectivity index (χ0n) is 27.7. The first kappa shape index (κ1) is 34.7. The maximum atomic E-state index is 13.7. The van der Waals surface area contributed by atoms with Gasteiger partial charge in [0.15, 0.2) is 5.78 Å². The van der Waals surface area contributed by atoms with Crippen molar-refractivity contribution in [3.63, 3.8) is 0 Å². The second-order valence-electron chi connectivity index (χ2n) is 13.3. The lowest BCUT2D eigenvalue weighted by atomic mass is 9.70. The predicted molar refractivity (Wildman–Crippen MR) is 174 cm³/mol. The Morgan fingerprint density at radius 3 is 2.07 bits per heavy atom. The molecule has 3 unspecified atom stereocenters. The van der Waals surface area contributed by atoms with Gasteiger partial charge in [-0.3, -0.25) is 14.4 Å². The van der Waals surface area contributed by atoms with Gasteiger partial charge in [-0.25, -0.2) is 0 Å². The Hall–Kier alpha value is -2.55. The molecule has 0 aliphatic heterocycles. The van der Waals surface area contributed by atoms with E-state index in [0.717, 1.165) is 49.7 Å². The van der Waals surface area contributed by atoms with Crippen molar-refractivity contribution in [3.05, 3.63) is 58.1 Å². The van der Waals surface area contributed by atoms with Crippen LogP contribution in [0.15, 0.2) is 30.3 Å². The lowest BCUT2D eigenvalue weighted by molar-refractivity contribution is -0.129. The molecule has 1 aliphatic carbocycles. The summed E-state index contributed by atoms with van der Waals surface area (Å²) in [7, 11) is 0. The number of carbonyl (C=O) groups is 3. The van der Waals surface area contributed by atoms with E-state index in [2.05, 4.69) is 92.6 Å². The van der Waals surface area contributed by atoms with E-state index in [4.69, 9.17) is 0 Å². The number of benzene rings is 2. The molecule has 3 nitrogen and oxygen atoms in total. The number of rotatable bonds is 11. The second kappa shape index (κ2) is 15.6. The zero-order chi connectivity index (χ0) is 30.9. The second-order valence-corrected chi connectivity index (χ2v) is 13.3. The maximum absolute atomic E-state index is 13.7. The summed E-state index contributed by atoms with van der Waals surface area (Å²) in [5, 5.41) is 0. The van der Waals surface area contributed by atoms with Crippen LogP contribution in [0.2, 0.25) is 0 Å². The number of aryl methyl sites for hydroxylation is 1. The van der Waals surface area contributed by atoms with Crippen molar-refractivity contribution in [2.45, 2.75) is 132 Å². The normalized spacial score (nSPS) is 16.3. The molecular formula is C38H56O3. The Morgan fingerprint density at radius 2 is 1.59 bits per heavy atom. The highest BCUT2D eigenvalue weighted by Gasteiger charge is 2.34. The topological polar surface area (TPSA) is 51.2 Å². The van der Waals surface area contributed by atoms with Gasteiger partial charge in [0.05, 0.1) is 6.42 Å². The van der Waals surface area contributed by atoms with Gasteiger partial charge in [-0.1, -0.05) is 105 Å². The summed E-state index contributed by atoms with van der Waals surface area (Å²) < 4.78 is 0. The van der Waals surface area contributed by atoms with Crippen molar-refractivity contribution in [3.8, 4) is 11.1 Å². The van der Waals surface area contributed by atoms with E-state index >= 15 is 0 Å². The van der Waals surface area contributed by atoms with Crippen LogP contribution in [0.4, 0.5) is 0 Å². The summed E-state index contributed by atoms with van der Waals surface area (Å²) in [5.74, 6) is 0.574. The van der Waals surface area contributed by atoms with Crippen molar-refractivity contribution in [2.24, 2.45) is 17.8 Å². The van der Waals surface area contributed by atoms with E-state index in [1.54, 1.807) is 0 Å². The van der Waals surface area contributed by atoms with E-state index in [1.165, 1.54) is 41.2 Å². The molecule has 0 fully saturated rings. The fourth-order valence-corrected chi connectivity index (χ4v) is 6.63. The molecule has 0 saturated heterocycles. The molecule has 3 heteroatoms. The highest BCUT2D eigenvalue weighted by Crippen LogP contribution is 2.41. The molecule has 226 valence electrons. The van der Waals surface area contributed by atoms with Crippen molar-refractivity contribution < 1.29 is 14.4 Å². The van der Waals surface area contributed by atoms with E-state index in [9.17, 15) is 14.4 Å². The molecule has 0 radical (unpaired) electrons. The van der Waals surface area contributed by atoms with Crippen molar-refractivity contribution in [2.75, 3.05) is 0 Å². The summed E-state index contributed by atoms with van der Waals surface area (Å²) in [4.78, 5) is 38.4. The summed E-state index contributed by atoms with van der Waals surface area (Å²) in [6.45, 7) is 20.9. The predicted octanol–water partition coefficient (Wildman–Crippen LogP) is 10.1. The van der Waals surface area contributed by atoms with Gasteiger partial charge in [0, 0.05) is 17.9 Å². The molecule has 0 bridgehead atoms. The first-order chi connectivity index (χ1) is 19.3. The largest absolute Gasteiger partial charge is 0.300 e. The quantitative estimate of drug-likeness (QED) is 0.257. The number of ketones is 3. The first-order valence-electron chi connectivity index (χ1n) is 16.1. The molecular weight excluding hydrogens is 504 g/mol. The van der Waals surface area contributed by atoms with Gasteiger partial charge in [-0.05, 0) is 90.2 Å². The standard InChI is InChI=1S/C35H48O3.C3H8/c1-9-12-27(29(11-3)32(37)17-22(4)36)18-24-19-31-30(26-13-15-28(16-14-26)35(6,7)8)21-25(10-2)23(5)34(31)33(38)20-24;1-3-2/h13-16,21,24,27,29H,9-12,17-20H2,1-8H3;3H2,1-2H3. The number of hydrogen-bond acceptors (Lipinski definition) is 3. The number of fused-ring (bicyclic) bond motifs is 1. The minimum Gasteiger partial charge on any atom is -0.300 e. The minimum atomic E-state index is -0.107. The molecule has 3 atom stereocenters. The van der Waals surface area contributed by atoms with Gasteiger partial charge in [-0.2, -0.15) is 0 Å². The highest BCUT2D eigenvalue weighted by molar-refractivity contribution is 6.02. The van der Waals surface area contributed by atoms with Crippen LogP contribution in [-0.2, 0) is 27.8 Å². The van der Waals surface area contributed by atoms with Gasteiger partial charge >= 0.3 is 0 Å². The average molecular weight is 561 g/mol. The summed E-state index contributed by atoms with van der Waals surface area (Å²) >= 11 is 0. The Morgan fingerprint density at radius 1 is 0.976 bits per heavy atom. The minimum absolute atomic E-state index is 0.0266. The van der Waals surface area contributed by atoms with Gasteiger partial charge < -0.3 is 0 Å². The maximum Gasteiger partial charge on any atom is 0.163 e. The third-order valence-corrected chi connectivity index (χ3v) is 8.63. The molecule has 3 rings (SSSR count). The molecule has 0 saturated carbocycles. The van der Waals surface area contributed by atoms with Crippen molar-refractivity contribution in [1.82, 2.24) is 0 Å². The van der Waals surface area contributed by atoms with Crippen molar-refractivity contribution in [1.29, 1.82) is 0 Å². The van der Waals surface area contributed by atoms with E-state index < -0.39 is 0 Å². The highest BCUT2D eigenvalue weighted by atomic mass is 16.1. The molecule has 0 spiro atoms. The monoisotopic (exact) mass is 560 g/mol. The van der Waals surface area contributed by atoms with Gasteiger partial charge in [-0.15, -0.1) is 0 Å². The molecule has 2 aromatic carbocycles. The number of carbonyl (C=O) groups excluding carboxylic acids is 3. The molecule has 41 heavy (non-hydrogen) atoms. The lowest BCUT2D eigenvalue weighted by Crippen LogP contribution is -2.30. The molecule has 2 aromatic rings. The van der Waals surface area contributed by atoms with Gasteiger partial charge in [0.25, 0.3) is 0 Å². The fourth-order valence-electron chi connectivity index (χ4n) is 6.63. The first-order valence-corrected chi connectivity index (χ1v) is 16.1. The van der Waals surface area contributed by atoms with E-state index in [1.807, 2.05) is 0 Å². The van der Waals surface area contributed by atoms with Crippen LogP contribution >= 0.6 is 0 Å². The SMILES string of the molecule is CCC.CCCC(CC1CC(=O)c2c(C)c(CC)cc(-c3ccc(C(C)(C)C)cc3)c2C1)C(CC)C(=O)CC(C)=O. The average Bonchev–Trinajstić information content (AvgIpc) is 2.89. The molecule has 0 N–H and O–H groups in total. The third-order valence-electron chi connectivity index (χ3n) is 8.63. The van der Waals surface area contributed by atoms with Crippen LogP contribution in [0.1, 0.15) is 140 Å². The molecule has 1 aliphatic rings. The van der Waals surface area contributed by atoms with Gasteiger partial charge in [0.2, 0.25) is 0 Å². The van der Waals surface area contributed by atoms with Crippen LogP contribution in [0.5, 0.6) is 0 Å². The summed E-state index contributed by atoms with van der Waals surface area (Å²) in [6.07, 6.45) is 7.14.